The molecule has 2 heteroatoms. The topological polar surface area (TPSA) is 38.9 Å². The monoisotopic (exact) mass is 276 g/mol. The largest absolute Gasteiger partial charge is 0.324 e. The van der Waals surface area contributed by atoms with Crippen LogP contribution in [0.25, 0.3) is 10.9 Å². The van der Waals surface area contributed by atoms with Crippen molar-refractivity contribution in [2.45, 2.75) is 26.3 Å². The summed E-state index contributed by atoms with van der Waals surface area (Å²) in [5.41, 5.74) is 12.6. The number of pyridine rings is 1. The molecular weight excluding hydrogens is 256 g/mol. The molecule has 1 heterocycles. The van der Waals surface area contributed by atoms with Crippen LogP contribution < -0.4 is 5.73 Å². The second-order valence-corrected chi connectivity index (χ2v) is 5.66. The van der Waals surface area contributed by atoms with E-state index in [-0.39, 0.29) is 6.04 Å². The van der Waals surface area contributed by atoms with Gasteiger partial charge in [0.05, 0.1) is 5.52 Å². The predicted molar refractivity (Wildman–Crippen MR) is 88.3 cm³/mol. The van der Waals surface area contributed by atoms with Gasteiger partial charge in [0.25, 0.3) is 0 Å². The molecule has 0 amide bonds. The van der Waals surface area contributed by atoms with Crippen LogP contribution in [0.15, 0.2) is 54.7 Å². The first kappa shape index (κ1) is 13.8. The molecule has 2 nitrogen and oxygen atoms in total. The minimum Gasteiger partial charge on any atom is -0.324 e. The molecular formula is C19H20N2. The molecule has 0 spiro atoms. The Morgan fingerprint density at radius 3 is 2.76 bits per heavy atom. The zero-order chi connectivity index (χ0) is 14.8. The lowest BCUT2D eigenvalue weighted by Crippen LogP contribution is -2.14. The number of hydrogen-bond acceptors (Lipinski definition) is 2. The van der Waals surface area contributed by atoms with E-state index in [0.717, 1.165) is 17.3 Å². The first-order valence-corrected chi connectivity index (χ1v) is 7.30. The van der Waals surface area contributed by atoms with E-state index in [2.05, 4.69) is 49.2 Å². The second-order valence-electron chi connectivity index (χ2n) is 5.66. The van der Waals surface area contributed by atoms with Crippen molar-refractivity contribution >= 4 is 10.9 Å². The summed E-state index contributed by atoms with van der Waals surface area (Å²) in [4.78, 5) is 4.41. The van der Waals surface area contributed by atoms with Gasteiger partial charge in [-0.15, -0.1) is 0 Å². The summed E-state index contributed by atoms with van der Waals surface area (Å²) in [5, 5.41) is 1.15. The molecule has 1 unspecified atom stereocenters. The molecule has 0 fully saturated rings. The molecule has 106 valence electrons. The lowest BCUT2D eigenvalue weighted by molar-refractivity contribution is 0.724. The number of benzene rings is 2. The summed E-state index contributed by atoms with van der Waals surface area (Å²) >= 11 is 0. The zero-order valence-corrected chi connectivity index (χ0v) is 12.5. The number of aromatic nitrogens is 1. The van der Waals surface area contributed by atoms with Gasteiger partial charge in [-0.25, -0.2) is 0 Å². The van der Waals surface area contributed by atoms with Crippen molar-refractivity contribution in [1.29, 1.82) is 0 Å². The van der Waals surface area contributed by atoms with Crippen molar-refractivity contribution in [1.82, 2.24) is 4.98 Å². The van der Waals surface area contributed by atoms with Gasteiger partial charge in [0.1, 0.15) is 0 Å². The standard InChI is InChI=1S/C19H20N2/c1-13-8-9-14(2)15(11-13)12-18(20)16-5-3-7-19-17(16)6-4-10-21-19/h3-11,18H,12,20H2,1-2H3. The van der Waals surface area contributed by atoms with E-state index in [0.29, 0.717) is 0 Å². The summed E-state index contributed by atoms with van der Waals surface area (Å²) < 4.78 is 0. The van der Waals surface area contributed by atoms with Gasteiger partial charge < -0.3 is 5.73 Å². The molecule has 0 saturated carbocycles. The van der Waals surface area contributed by atoms with Gasteiger partial charge in [-0.3, -0.25) is 4.98 Å². The average Bonchev–Trinajstić information content (AvgIpc) is 2.50. The Labute approximate surface area is 125 Å². The molecule has 3 rings (SSSR count). The fourth-order valence-electron chi connectivity index (χ4n) is 2.82. The number of aryl methyl sites for hydroxylation is 2. The highest BCUT2D eigenvalue weighted by Gasteiger charge is 2.12. The molecule has 21 heavy (non-hydrogen) atoms. The Kier molecular flexibility index (Phi) is 3.72. The molecule has 0 radical (unpaired) electrons. The van der Waals surface area contributed by atoms with E-state index in [9.17, 15) is 0 Å². The van der Waals surface area contributed by atoms with Crippen LogP contribution in [0.4, 0.5) is 0 Å². The SMILES string of the molecule is Cc1ccc(C)c(CC(N)c2cccc3ncccc23)c1. The fourth-order valence-corrected chi connectivity index (χ4v) is 2.82. The number of hydrogen-bond donors (Lipinski definition) is 1. The van der Waals surface area contributed by atoms with Gasteiger partial charge in [-0.05, 0) is 49.1 Å². The highest BCUT2D eigenvalue weighted by Crippen LogP contribution is 2.25. The zero-order valence-electron chi connectivity index (χ0n) is 12.5. The first-order valence-electron chi connectivity index (χ1n) is 7.30. The third kappa shape index (κ3) is 2.81. The van der Waals surface area contributed by atoms with Gasteiger partial charge in [0, 0.05) is 17.6 Å². The van der Waals surface area contributed by atoms with Crippen molar-refractivity contribution in [3.8, 4) is 0 Å². The van der Waals surface area contributed by atoms with E-state index in [1.807, 2.05) is 24.4 Å². The van der Waals surface area contributed by atoms with Gasteiger partial charge in [-0.1, -0.05) is 42.0 Å². The normalized spacial score (nSPS) is 12.5. The molecule has 0 aliphatic carbocycles. The van der Waals surface area contributed by atoms with Gasteiger partial charge in [0.15, 0.2) is 0 Å². The molecule has 0 saturated heterocycles. The summed E-state index contributed by atoms with van der Waals surface area (Å²) in [5.74, 6) is 0. The van der Waals surface area contributed by atoms with Crippen LogP contribution in [-0.4, -0.2) is 4.98 Å². The second kappa shape index (κ2) is 5.66. The number of rotatable bonds is 3. The van der Waals surface area contributed by atoms with Crippen molar-refractivity contribution in [3.05, 3.63) is 77.0 Å². The smallest absolute Gasteiger partial charge is 0.0705 e. The van der Waals surface area contributed by atoms with Crippen LogP contribution in [0.2, 0.25) is 0 Å². The molecule has 0 bridgehead atoms. The lowest BCUT2D eigenvalue weighted by Gasteiger charge is -2.16. The van der Waals surface area contributed by atoms with E-state index < -0.39 is 0 Å². The van der Waals surface area contributed by atoms with Crippen LogP contribution in [0, 0.1) is 13.8 Å². The highest BCUT2D eigenvalue weighted by molar-refractivity contribution is 5.82. The molecule has 2 N–H and O–H groups in total. The Morgan fingerprint density at radius 1 is 1.05 bits per heavy atom. The number of nitrogens with two attached hydrogens (primary N) is 1. The van der Waals surface area contributed by atoms with Crippen molar-refractivity contribution in [2.24, 2.45) is 5.73 Å². The first-order chi connectivity index (χ1) is 10.1. The van der Waals surface area contributed by atoms with Crippen molar-refractivity contribution in [2.75, 3.05) is 0 Å². The van der Waals surface area contributed by atoms with Crippen LogP contribution >= 0.6 is 0 Å². The Balaban J connectivity index is 1.97. The van der Waals surface area contributed by atoms with E-state index in [4.69, 9.17) is 5.73 Å². The quantitative estimate of drug-likeness (QED) is 0.782. The molecule has 1 aromatic heterocycles. The lowest BCUT2D eigenvalue weighted by atomic mass is 9.93. The molecule has 0 aliphatic heterocycles. The minimum absolute atomic E-state index is 0.0154. The molecule has 0 aliphatic rings. The number of nitrogens with zero attached hydrogens (tertiary/aromatic N) is 1. The van der Waals surface area contributed by atoms with Crippen molar-refractivity contribution in [3.63, 3.8) is 0 Å². The Bertz CT molecular complexity index is 772. The molecule has 2 aromatic carbocycles. The van der Waals surface area contributed by atoms with E-state index in [1.165, 1.54) is 22.3 Å². The maximum atomic E-state index is 6.48. The van der Waals surface area contributed by atoms with Crippen LogP contribution in [0.3, 0.4) is 0 Å². The number of fused-ring (bicyclic) bond motifs is 1. The summed E-state index contributed by atoms with van der Waals surface area (Å²) in [7, 11) is 0. The van der Waals surface area contributed by atoms with Gasteiger partial charge in [-0.2, -0.15) is 0 Å². The van der Waals surface area contributed by atoms with Gasteiger partial charge in [0.2, 0.25) is 0 Å². The van der Waals surface area contributed by atoms with E-state index >= 15 is 0 Å². The van der Waals surface area contributed by atoms with Crippen LogP contribution in [-0.2, 0) is 6.42 Å². The maximum absolute atomic E-state index is 6.48. The molecule has 1 atom stereocenters. The Hall–Kier alpha value is -2.19. The average molecular weight is 276 g/mol. The summed E-state index contributed by atoms with van der Waals surface area (Å²) in [6.45, 7) is 4.27. The predicted octanol–water partition coefficient (Wildman–Crippen LogP) is 4.09. The summed E-state index contributed by atoms with van der Waals surface area (Å²) in [6.07, 6.45) is 2.67. The Morgan fingerprint density at radius 2 is 1.90 bits per heavy atom. The highest BCUT2D eigenvalue weighted by atomic mass is 14.7. The van der Waals surface area contributed by atoms with Crippen LogP contribution in [0.1, 0.15) is 28.3 Å². The van der Waals surface area contributed by atoms with Crippen molar-refractivity contribution < 1.29 is 0 Å². The summed E-state index contributed by atoms with van der Waals surface area (Å²) in [6, 6.07) is 16.8. The maximum Gasteiger partial charge on any atom is 0.0705 e. The molecule has 3 aromatic rings. The third-order valence-corrected chi connectivity index (χ3v) is 4.02. The van der Waals surface area contributed by atoms with E-state index in [1.54, 1.807) is 0 Å². The van der Waals surface area contributed by atoms with Gasteiger partial charge >= 0.3 is 0 Å². The minimum atomic E-state index is -0.0154. The third-order valence-electron chi connectivity index (χ3n) is 4.02. The fraction of sp³-hybridized carbons (Fsp3) is 0.211. The van der Waals surface area contributed by atoms with Crippen LogP contribution in [0.5, 0.6) is 0 Å².